The van der Waals surface area contributed by atoms with Gasteiger partial charge in [0.05, 0.1) is 0 Å². The van der Waals surface area contributed by atoms with Crippen LogP contribution in [0.2, 0.25) is 0 Å². The summed E-state index contributed by atoms with van der Waals surface area (Å²) in [7, 11) is 1.57. The first-order valence-corrected chi connectivity index (χ1v) is 4.50. The van der Waals surface area contributed by atoms with Gasteiger partial charge < -0.3 is 5.32 Å². The highest BCUT2D eigenvalue weighted by Crippen LogP contribution is 2.03. The SMILES string of the molecule is CNC(=O)c1cccc(-n2cccn2)n1. The third-order valence-corrected chi connectivity index (χ3v) is 1.93. The van der Waals surface area contributed by atoms with Crippen LogP contribution >= 0.6 is 0 Å². The Bertz CT molecular complexity index is 464. The van der Waals surface area contributed by atoms with Crippen molar-refractivity contribution in [2.24, 2.45) is 0 Å². The molecule has 2 aromatic rings. The lowest BCUT2D eigenvalue weighted by Crippen LogP contribution is -2.19. The minimum atomic E-state index is -0.205. The molecule has 0 aromatic carbocycles. The molecule has 0 radical (unpaired) electrons. The van der Waals surface area contributed by atoms with E-state index in [1.807, 2.05) is 0 Å². The molecule has 0 bridgehead atoms. The van der Waals surface area contributed by atoms with Crippen molar-refractivity contribution >= 4 is 5.91 Å². The first-order valence-electron chi connectivity index (χ1n) is 4.50. The zero-order valence-corrected chi connectivity index (χ0v) is 8.21. The van der Waals surface area contributed by atoms with Crippen molar-refractivity contribution in [2.75, 3.05) is 7.05 Å². The maximum Gasteiger partial charge on any atom is 0.269 e. The highest BCUT2D eigenvalue weighted by molar-refractivity contribution is 5.92. The number of nitrogens with one attached hydrogen (secondary N) is 1. The second-order valence-corrected chi connectivity index (χ2v) is 2.91. The van der Waals surface area contributed by atoms with Crippen molar-refractivity contribution in [3.8, 4) is 5.82 Å². The monoisotopic (exact) mass is 202 g/mol. The smallest absolute Gasteiger partial charge is 0.269 e. The molecule has 0 aliphatic heterocycles. The third kappa shape index (κ3) is 1.85. The molecule has 0 unspecified atom stereocenters. The summed E-state index contributed by atoms with van der Waals surface area (Å²) in [6.45, 7) is 0. The van der Waals surface area contributed by atoms with Crippen LogP contribution in [0.5, 0.6) is 0 Å². The predicted molar refractivity (Wildman–Crippen MR) is 54.7 cm³/mol. The maximum absolute atomic E-state index is 11.3. The fourth-order valence-corrected chi connectivity index (χ4v) is 1.21. The van der Waals surface area contributed by atoms with Gasteiger partial charge in [0.15, 0.2) is 5.82 Å². The van der Waals surface area contributed by atoms with Crippen LogP contribution < -0.4 is 5.32 Å². The number of carbonyl (C=O) groups is 1. The molecule has 0 aliphatic rings. The Balaban J connectivity index is 2.39. The quantitative estimate of drug-likeness (QED) is 0.776. The molecule has 0 atom stereocenters. The summed E-state index contributed by atoms with van der Waals surface area (Å²) in [5, 5.41) is 6.56. The van der Waals surface area contributed by atoms with Gasteiger partial charge in [-0.25, -0.2) is 9.67 Å². The van der Waals surface area contributed by atoms with Gasteiger partial charge in [0, 0.05) is 19.4 Å². The lowest BCUT2D eigenvalue weighted by molar-refractivity contribution is 0.0958. The predicted octanol–water partition coefficient (Wildman–Crippen LogP) is 0.627. The molecule has 5 nitrogen and oxygen atoms in total. The normalized spacial score (nSPS) is 9.93. The van der Waals surface area contributed by atoms with Gasteiger partial charge in [-0.15, -0.1) is 0 Å². The van der Waals surface area contributed by atoms with Gasteiger partial charge in [0.2, 0.25) is 0 Å². The van der Waals surface area contributed by atoms with E-state index >= 15 is 0 Å². The number of rotatable bonds is 2. The number of nitrogens with zero attached hydrogens (tertiary/aromatic N) is 3. The molecule has 15 heavy (non-hydrogen) atoms. The highest BCUT2D eigenvalue weighted by atomic mass is 16.1. The zero-order valence-electron chi connectivity index (χ0n) is 8.21. The number of pyridine rings is 1. The van der Waals surface area contributed by atoms with Crippen LogP contribution in [0, 0.1) is 0 Å². The molecule has 1 amide bonds. The molecule has 0 aliphatic carbocycles. The minimum absolute atomic E-state index is 0.205. The largest absolute Gasteiger partial charge is 0.354 e. The highest BCUT2D eigenvalue weighted by Gasteiger charge is 2.05. The Hall–Kier alpha value is -2.17. The number of aromatic nitrogens is 3. The summed E-state index contributed by atoms with van der Waals surface area (Å²) in [5.74, 6) is 0.421. The molecule has 2 heterocycles. The van der Waals surface area contributed by atoms with E-state index in [0.717, 1.165) is 0 Å². The summed E-state index contributed by atoms with van der Waals surface area (Å²) in [4.78, 5) is 15.5. The van der Waals surface area contributed by atoms with Gasteiger partial charge in [-0.3, -0.25) is 4.79 Å². The molecule has 76 valence electrons. The number of hydrogen-bond donors (Lipinski definition) is 1. The van der Waals surface area contributed by atoms with Gasteiger partial charge in [-0.1, -0.05) is 6.07 Å². The van der Waals surface area contributed by atoms with E-state index < -0.39 is 0 Å². The van der Waals surface area contributed by atoms with Crippen LogP contribution in [0.3, 0.4) is 0 Å². The van der Waals surface area contributed by atoms with Gasteiger partial charge in [-0.05, 0) is 18.2 Å². The van der Waals surface area contributed by atoms with Crippen molar-refractivity contribution in [3.05, 3.63) is 42.4 Å². The fraction of sp³-hybridized carbons (Fsp3) is 0.100. The average molecular weight is 202 g/mol. The maximum atomic E-state index is 11.3. The Labute approximate surface area is 86.8 Å². The molecule has 1 N–H and O–H groups in total. The van der Waals surface area contributed by atoms with E-state index in [9.17, 15) is 4.79 Å². The van der Waals surface area contributed by atoms with E-state index in [0.29, 0.717) is 11.5 Å². The molecule has 5 heteroatoms. The van der Waals surface area contributed by atoms with Crippen LogP contribution in [-0.2, 0) is 0 Å². The van der Waals surface area contributed by atoms with E-state index in [1.165, 1.54) is 0 Å². The molecule has 0 spiro atoms. The summed E-state index contributed by atoms with van der Waals surface area (Å²) >= 11 is 0. The summed E-state index contributed by atoms with van der Waals surface area (Å²) in [5.41, 5.74) is 0.380. The standard InChI is InChI=1S/C10H10N4O/c1-11-10(15)8-4-2-5-9(13-8)14-7-3-6-12-14/h2-7H,1H3,(H,11,15). The van der Waals surface area contributed by atoms with Crippen LogP contribution in [0.1, 0.15) is 10.5 Å². The summed E-state index contributed by atoms with van der Waals surface area (Å²) in [6.07, 6.45) is 3.43. The van der Waals surface area contributed by atoms with Crippen molar-refractivity contribution in [1.82, 2.24) is 20.1 Å². The molecular formula is C10H10N4O. The lowest BCUT2D eigenvalue weighted by Gasteiger charge is -2.02. The van der Waals surface area contributed by atoms with Crippen LogP contribution in [-0.4, -0.2) is 27.7 Å². The summed E-state index contributed by atoms with van der Waals surface area (Å²) < 4.78 is 1.60. The minimum Gasteiger partial charge on any atom is -0.354 e. The van der Waals surface area contributed by atoms with Crippen LogP contribution in [0.25, 0.3) is 5.82 Å². The number of hydrogen-bond acceptors (Lipinski definition) is 3. The Morgan fingerprint density at radius 2 is 2.27 bits per heavy atom. The van der Waals surface area contributed by atoms with Crippen molar-refractivity contribution in [2.45, 2.75) is 0 Å². The van der Waals surface area contributed by atoms with Crippen LogP contribution in [0.4, 0.5) is 0 Å². The first-order chi connectivity index (χ1) is 7.31. The lowest BCUT2D eigenvalue weighted by atomic mass is 10.3. The van der Waals surface area contributed by atoms with Gasteiger partial charge in [0.25, 0.3) is 5.91 Å². The third-order valence-electron chi connectivity index (χ3n) is 1.93. The van der Waals surface area contributed by atoms with E-state index in [2.05, 4.69) is 15.4 Å². The fourth-order valence-electron chi connectivity index (χ4n) is 1.21. The Morgan fingerprint density at radius 1 is 1.40 bits per heavy atom. The van der Waals surface area contributed by atoms with Gasteiger partial charge in [-0.2, -0.15) is 5.10 Å². The first kappa shape index (κ1) is 9.39. The second-order valence-electron chi connectivity index (χ2n) is 2.91. The van der Waals surface area contributed by atoms with E-state index in [4.69, 9.17) is 0 Å². The summed E-state index contributed by atoms with van der Waals surface area (Å²) in [6, 6.07) is 7.02. The molecule has 2 aromatic heterocycles. The number of carbonyl (C=O) groups excluding carboxylic acids is 1. The van der Waals surface area contributed by atoms with Crippen LogP contribution in [0.15, 0.2) is 36.7 Å². The van der Waals surface area contributed by atoms with Crippen molar-refractivity contribution in [3.63, 3.8) is 0 Å². The van der Waals surface area contributed by atoms with Crippen molar-refractivity contribution < 1.29 is 4.79 Å². The van der Waals surface area contributed by atoms with E-state index in [-0.39, 0.29) is 5.91 Å². The average Bonchev–Trinajstić information content (AvgIpc) is 2.82. The number of amides is 1. The Morgan fingerprint density at radius 3 is 2.93 bits per heavy atom. The topological polar surface area (TPSA) is 59.8 Å². The second kappa shape index (κ2) is 3.91. The van der Waals surface area contributed by atoms with Gasteiger partial charge in [0.1, 0.15) is 5.69 Å². The van der Waals surface area contributed by atoms with Crippen molar-refractivity contribution in [1.29, 1.82) is 0 Å². The zero-order chi connectivity index (χ0) is 10.7. The van der Waals surface area contributed by atoms with Gasteiger partial charge >= 0.3 is 0 Å². The Kier molecular flexibility index (Phi) is 2.45. The van der Waals surface area contributed by atoms with E-state index in [1.54, 1.807) is 48.4 Å². The molecule has 2 rings (SSSR count). The molecule has 0 saturated heterocycles. The molecule has 0 fully saturated rings. The molecular weight excluding hydrogens is 192 g/mol. The molecule has 0 saturated carbocycles.